The number of H-pyrrole nitrogens is 1. The van der Waals surface area contributed by atoms with Crippen LogP contribution in [0.25, 0.3) is 0 Å². The minimum atomic E-state index is 0.752. The molecule has 3 rings (SSSR count). The minimum absolute atomic E-state index is 0.752. The molecular formula is C14H19ClN6. The zero-order valence-corrected chi connectivity index (χ0v) is 12.8. The van der Waals surface area contributed by atoms with Gasteiger partial charge in [-0.25, -0.2) is 9.97 Å². The number of aromatic amines is 1. The van der Waals surface area contributed by atoms with Crippen molar-refractivity contribution in [2.75, 3.05) is 31.1 Å². The summed E-state index contributed by atoms with van der Waals surface area (Å²) in [7, 11) is 0. The minimum Gasteiger partial charge on any atom is -0.339 e. The molecule has 0 aromatic carbocycles. The normalized spacial score (nSPS) is 17.0. The van der Waals surface area contributed by atoms with Crippen molar-refractivity contribution in [1.82, 2.24) is 25.1 Å². The molecule has 1 aliphatic rings. The molecule has 3 heterocycles. The predicted octanol–water partition coefficient (Wildman–Crippen LogP) is 1.87. The molecule has 2 aromatic rings. The highest BCUT2D eigenvalue weighted by Gasteiger charge is 2.18. The van der Waals surface area contributed by atoms with Crippen LogP contribution in [0.3, 0.4) is 0 Å². The van der Waals surface area contributed by atoms with Crippen LogP contribution in [0.5, 0.6) is 0 Å². The van der Waals surface area contributed by atoms with E-state index in [0.29, 0.717) is 0 Å². The zero-order chi connectivity index (χ0) is 14.7. The van der Waals surface area contributed by atoms with Crippen molar-refractivity contribution < 1.29 is 0 Å². The summed E-state index contributed by atoms with van der Waals surface area (Å²) in [5.41, 5.74) is 1.86. The van der Waals surface area contributed by atoms with Gasteiger partial charge >= 0.3 is 0 Å². The van der Waals surface area contributed by atoms with Gasteiger partial charge in [0.15, 0.2) is 0 Å². The van der Waals surface area contributed by atoms with E-state index >= 15 is 0 Å². The first-order valence-corrected chi connectivity index (χ1v) is 7.55. The maximum atomic E-state index is 6.24. The molecule has 0 atom stereocenters. The first kappa shape index (κ1) is 14.3. The number of halogens is 1. The lowest BCUT2D eigenvalue weighted by atomic mass is 10.3. The Hall–Kier alpha value is -1.66. The molecule has 0 unspecified atom stereocenters. The van der Waals surface area contributed by atoms with Gasteiger partial charge in [0.2, 0.25) is 5.95 Å². The van der Waals surface area contributed by atoms with E-state index in [1.54, 1.807) is 12.4 Å². The maximum Gasteiger partial charge on any atom is 0.225 e. The van der Waals surface area contributed by atoms with Crippen LogP contribution in [0.1, 0.15) is 17.8 Å². The van der Waals surface area contributed by atoms with E-state index in [-0.39, 0.29) is 0 Å². The molecule has 0 amide bonds. The Morgan fingerprint density at radius 1 is 1.19 bits per heavy atom. The van der Waals surface area contributed by atoms with E-state index < -0.39 is 0 Å². The molecule has 0 saturated carbocycles. The van der Waals surface area contributed by atoms with Crippen molar-refractivity contribution in [2.24, 2.45) is 0 Å². The number of nitrogens with zero attached hydrogens (tertiary/aromatic N) is 5. The Balaban J connectivity index is 1.62. The Bertz CT molecular complexity index is 584. The number of aromatic nitrogens is 4. The van der Waals surface area contributed by atoms with Gasteiger partial charge in [-0.3, -0.25) is 10.00 Å². The molecular weight excluding hydrogens is 288 g/mol. The number of hydrogen-bond acceptors (Lipinski definition) is 5. The average molecular weight is 307 g/mol. The SMILES string of the molecule is Cc1[nH]nc(CN2CCCN(c3ncccn3)CC2)c1Cl. The van der Waals surface area contributed by atoms with Crippen molar-refractivity contribution in [1.29, 1.82) is 0 Å². The number of anilines is 1. The fourth-order valence-electron chi connectivity index (χ4n) is 2.57. The summed E-state index contributed by atoms with van der Waals surface area (Å²) in [5.74, 6) is 0.813. The van der Waals surface area contributed by atoms with E-state index in [9.17, 15) is 0 Å². The molecule has 1 N–H and O–H groups in total. The summed E-state index contributed by atoms with van der Waals surface area (Å²) in [6, 6.07) is 1.84. The second kappa shape index (κ2) is 6.41. The third kappa shape index (κ3) is 3.33. The Kier molecular flexibility index (Phi) is 4.36. The monoisotopic (exact) mass is 306 g/mol. The van der Waals surface area contributed by atoms with Crippen molar-refractivity contribution in [3.05, 3.63) is 34.9 Å². The summed E-state index contributed by atoms with van der Waals surface area (Å²) in [5, 5.41) is 7.97. The lowest BCUT2D eigenvalue weighted by molar-refractivity contribution is 0.282. The van der Waals surface area contributed by atoms with Gasteiger partial charge in [0.1, 0.15) is 0 Å². The molecule has 1 fully saturated rings. The quantitative estimate of drug-likeness (QED) is 0.938. The maximum absolute atomic E-state index is 6.24. The van der Waals surface area contributed by atoms with Crippen molar-refractivity contribution in [3.8, 4) is 0 Å². The van der Waals surface area contributed by atoms with Crippen molar-refractivity contribution in [2.45, 2.75) is 19.9 Å². The number of nitrogens with one attached hydrogen (secondary N) is 1. The first-order chi connectivity index (χ1) is 10.2. The molecule has 112 valence electrons. The summed E-state index contributed by atoms with van der Waals surface area (Å²) in [6.07, 6.45) is 4.66. The first-order valence-electron chi connectivity index (χ1n) is 7.17. The molecule has 0 aliphatic carbocycles. The van der Waals surface area contributed by atoms with E-state index in [1.807, 2.05) is 13.0 Å². The summed E-state index contributed by atoms with van der Waals surface area (Å²) < 4.78 is 0. The summed E-state index contributed by atoms with van der Waals surface area (Å²) in [6.45, 7) is 6.62. The van der Waals surface area contributed by atoms with Gasteiger partial charge in [-0.15, -0.1) is 0 Å². The molecule has 7 heteroatoms. The highest BCUT2D eigenvalue weighted by Crippen LogP contribution is 2.19. The smallest absolute Gasteiger partial charge is 0.225 e. The summed E-state index contributed by atoms with van der Waals surface area (Å²) in [4.78, 5) is 13.3. The summed E-state index contributed by atoms with van der Waals surface area (Å²) >= 11 is 6.24. The number of hydrogen-bond donors (Lipinski definition) is 1. The fraction of sp³-hybridized carbons (Fsp3) is 0.500. The van der Waals surface area contributed by atoms with Gasteiger partial charge in [0.05, 0.1) is 16.4 Å². The molecule has 2 aromatic heterocycles. The van der Waals surface area contributed by atoms with Crippen molar-refractivity contribution >= 4 is 17.5 Å². The topological polar surface area (TPSA) is 60.9 Å². The van der Waals surface area contributed by atoms with Gasteiger partial charge in [-0.2, -0.15) is 5.10 Å². The largest absolute Gasteiger partial charge is 0.339 e. The molecule has 1 aliphatic heterocycles. The van der Waals surface area contributed by atoms with Crippen LogP contribution in [-0.2, 0) is 6.54 Å². The van der Waals surface area contributed by atoms with E-state index in [1.165, 1.54) is 0 Å². The Morgan fingerprint density at radius 2 is 2.00 bits per heavy atom. The van der Waals surface area contributed by atoms with Crippen LogP contribution in [0, 0.1) is 6.92 Å². The molecule has 0 spiro atoms. The molecule has 6 nitrogen and oxygen atoms in total. The van der Waals surface area contributed by atoms with E-state index in [4.69, 9.17) is 11.6 Å². The number of rotatable bonds is 3. The van der Waals surface area contributed by atoms with Gasteiger partial charge in [-0.1, -0.05) is 11.6 Å². The van der Waals surface area contributed by atoms with Crippen LogP contribution < -0.4 is 4.90 Å². The van der Waals surface area contributed by atoms with Gasteiger partial charge < -0.3 is 4.90 Å². The lowest BCUT2D eigenvalue weighted by Gasteiger charge is -2.21. The molecule has 0 bridgehead atoms. The van der Waals surface area contributed by atoms with Gasteiger partial charge in [-0.05, 0) is 19.4 Å². The lowest BCUT2D eigenvalue weighted by Crippen LogP contribution is -2.31. The highest BCUT2D eigenvalue weighted by molar-refractivity contribution is 6.31. The molecule has 0 radical (unpaired) electrons. The average Bonchev–Trinajstić information content (AvgIpc) is 2.72. The standard InChI is InChI=1S/C14H19ClN6/c1-11-13(15)12(19-18-11)10-20-6-3-7-21(9-8-20)14-16-4-2-5-17-14/h2,4-5H,3,6-10H2,1H3,(H,18,19). The highest BCUT2D eigenvalue weighted by atomic mass is 35.5. The Morgan fingerprint density at radius 3 is 2.71 bits per heavy atom. The van der Waals surface area contributed by atoms with Crippen molar-refractivity contribution in [3.63, 3.8) is 0 Å². The third-order valence-electron chi connectivity index (χ3n) is 3.74. The predicted molar refractivity (Wildman–Crippen MR) is 82.5 cm³/mol. The molecule has 1 saturated heterocycles. The van der Waals surface area contributed by atoms with E-state index in [0.717, 1.165) is 61.5 Å². The third-order valence-corrected chi connectivity index (χ3v) is 4.24. The van der Waals surface area contributed by atoms with Crippen LogP contribution in [0.15, 0.2) is 18.5 Å². The van der Waals surface area contributed by atoms with Crippen LogP contribution in [0.4, 0.5) is 5.95 Å². The fourth-order valence-corrected chi connectivity index (χ4v) is 2.71. The van der Waals surface area contributed by atoms with Crippen LogP contribution >= 0.6 is 11.6 Å². The zero-order valence-electron chi connectivity index (χ0n) is 12.1. The van der Waals surface area contributed by atoms with E-state index in [2.05, 4.69) is 30.0 Å². The Labute approximate surface area is 129 Å². The second-order valence-corrected chi connectivity index (χ2v) is 5.65. The van der Waals surface area contributed by atoms with Gasteiger partial charge in [0.25, 0.3) is 0 Å². The molecule has 21 heavy (non-hydrogen) atoms. The van der Waals surface area contributed by atoms with Crippen LogP contribution in [-0.4, -0.2) is 51.2 Å². The number of aryl methyl sites for hydroxylation is 1. The van der Waals surface area contributed by atoms with Crippen LogP contribution in [0.2, 0.25) is 5.02 Å². The van der Waals surface area contributed by atoms with Gasteiger partial charge in [0, 0.05) is 45.1 Å². The second-order valence-electron chi connectivity index (χ2n) is 5.27.